The molecule has 0 aliphatic heterocycles. The Labute approximate surface area is 197 Å². The first-order valence-corrected chi connectivity index (χ1v) is 11.5. The number of sulfonamides is 1. The molecule has 0 unspecified atom stereocenters. The molecule has 0 atom stereocenters. The van der Waals surface area contributed by atoms with Gasteiger partial charge in [-0.05, 0) is 47.5 Å². The molecule has 0 saturated heterocycles. The van der Waals surface area contributed by atoms with Gasteiger partial charge >= 0.3 is 12.1 Å². The highest BCUT2D eigenvalue weighted by atomic mass is 32.2. The lowest BCUT2D eigenvalue weighted by molar-refractivity contribution is -0.192. The maximum absolute atomic E-state index is 12.2. The number of fused-ring (bicyclic) bond motifs is 1. The molecule has 1 aromatic carbocycles. The Balaban J connectivity index is 0.000000429. The Kier molecular flexibility index (Phi) is 7.84. The van der Waals surface area contributed by atoms with Crippen LogP contribution in [0.5, 0.6) is 0 Å². The zero-order chi connectivity index (χ0) is 25.6. The molecule has 3 heterocycles. The molecule has 184 valence electrons. The monoisotopic (exact) mass is 507 g/mol. The number of nitrogens with one attached hydrogen (secondary N) is 2. The van der Waals surface area contributed by atoms with Crippen molar-refractivity contribution in [1.82, 2.24) is 19.7 Å². The summed E-state index contributed by atoms with van der Waals surface area (Å²) in [5.74, 6) is -2.76. The number of nitrogens with two attached hydrogens (primary N) is 1. The molecular formula is C22H20F3N5O4S. The van der Waals surface area contributed by atoms with Crippen LogP contribution in [0, 0.1) is 0 Å². The highest BCUT2D eigenvalue weighted by molar-refractivity contribution is 7.89. The summed E-state index contributed by atoms with van der Waals surface area (Å²) in [5.41, 5.74) is 9.99. The second-order valence-corrected chi connectivity index (χ2v) is 8.82. The van der Waals surface area contributed by atoms with Crippen molar-refractivity contribution in [2.75, 3.05) is 13.1 Å². The number of carboxylic acid groups (broad SMARTS) is 1. The van der Waals surface area contributed by atoms with Gasteiger partial charge in [-0.3, -0.25) is 4.98 Å². The Hall–Kier alpha value is -3.81. The van der Waals surface area contributed by atoms with Gasteiger partial charge in [0.1, 0.15) is 5.65 Å². The fourth-order valence-corrected chi connectivity index (χ4v) is 4.10. The third-order valence-corrected chi connectivity index (χ3v) is 6.15. The van der Waals surface area contributed by atoms with Gasteiger partial charge in [-0.2, -0.15) is 13.2 Å². The van der Waals surface area contributed by atoms with E-state index in [2.05, 4.69) is 19.7 Å². The minimum absolute atomic E-state index is 0.205. The van der Waals surface area contributed by atoms with Crippen molar-refractivity contribution < 1.29 is 31.5 Å². The molecule has 0 fully saturated rings. The van der Waals surface area contributed by atoms with E-state index in [4.69, 9.17) is 15.6 Å². The van der Waals surface area contributed by atoms with E-state index >= 15 is 0 Å². The Morgan fingerprint density at radius 3 is 2.23 bits per heavy atom. The second-order valence-electron chi connectivity index (χ2n) is 7.05. The van der Waals surface area contributed by atoms with Crippen molar-refractivity contribution in [3.63, 3.8) is 0 Å². The first-order valence-electron chi connectivity index (χ1n) is 10.0. The molecule has 0 aliphatic rings. The number of hydrogen-bond acceptors (Lipinski definition) is 6. The molecule has 5 N–H and O–H groups in total. The van der Waals surface area contributed by atoms with Gasteiger partial charge in [0.05, 0.1) is 4.90 Å². The van der Waals surface area contributed by atoms with E-state index in [1.54, 1.807) is 42.9 Å². The third-order valence-electron chi connectivity index (χ3n) is 4.68. The Morgan fingerprint density at radius 1 is 1.03 bits per heavy atom. The van der Waals surface area contributed by atoms with Crippen LogP contribution in [0.4, 0.5) is 13.2 Å². The smallest absolute Gasteiger partial charge is 0.475 e. The average Bonchev–Trinajstić information content (AvgIpc) is 3.28. The predicted molar refractivity (Wildman–Crippen MR) is 123 cm³/mol. The molecule has 0 saturated carbocycles. The molecule has 0 spiro atoms. The molecule has 3 aromatic heterocycles. The van der Waals surface area contributed by atoms with Gasteiger partial charge in [0.25, 0.3) is 0 Å². The zero-order valence-electron chi connectivity index (χ0n) is 18.0. The van der Waals surface area contributed by atoms with Gasteiger partial charge in [0, 0.05) is 48.3 Å². The summed E-state index contributed by atoms with van der Waals surface area (Å²) in [6, 6.07) is 14.6. The number of alkyl halides is 3. The van der Waals surface area contributed by atoms with Crippen molar-refractivity contribution in [2.45, 2.75) is 11.1 Å². The molecule has 0 amide bonds. The Bertz CT molecular complexity index is 1410. The molecule has 35 heavy (non-hydrogen) atoms. The fraction of sp³-hybridized carbons (Fsp3) is 0.136. The molecule has 4 aromatic rings. The summed E-state index contributed by atoms with van der Waals surface area (Å²) >= 11 is 0. The van der Waals surface area contributed by atoms with Crippen LogP contribution in [0.15, 0.2) is 72.0 Å². The summed E-state index contributed by atoms with van der Waals surface area (Å²) in [7, 11) is -3.55. The molecule has 9 nitrogen and oxygen atoms in total. The number of carbonyl (C=O) groups is 1. The van der Waals surface area contributed by atoms with Crippen LogP contribution in [-0.4, -0.2) is 53.7 Å². The van der Waals surface area contributed by atoms with E-state index in [0.717, 1.165) is 33.4 Å². The molecular weight excluding hydrogens is 487 g/mol. The van der Waals surface area contributed by atoms with E-state index in [-0.39, 0.29) is 18.0 Å². The van der Waals surface area contributed by atoms with Crippen LogP contribution in [-0.2, 0) is 14.8 Å². The van der Waals surface area contributed by atoms with Gasteiger partial charge in [0.15, 0.2) is 0 Å². The molecule has 0 aliphatic carbocycles. The lowest BCUT2D eigenvalue weighted by Crippen LogP contribution is -2.29. The molecule has 0 radical (unpaired) electrons. The normalized spacial score (nSPS) is 11.7. The van der Waals surface area contributed by atoms with Crippen LogP contribution in [0.1, 0.15) is 0 Å². The van der Waals surface area contributed by atoms with Crippen LogP contribution in [0.3, 0.4) is 0 Å². The number of halogens is 3. The van der Waals surface area contributed by atoms with E-state index < -0.39 is 22.2 Å². The van der Waals surface area contributed by atoms with Gasteiger partial charge in [-0.25, -0.2) is 22.9 Å². The fourth-order valence-electron chi connectivity index (χ4n) is 3.06. The minimum atomic E-state index is -5.08. The zero-order valence-corrected chi connectivity index (χ0v) is 18.8. The average molecular weight is 507 g/mol. The highest BCUT2D eigenvalue weighted by Gasteiger charge is 2.38. The lowest BCUT2D eigenvalue weighted by Gasteiger charge is -2.07. The van der Waals surface area contributed by atoms with Gasteiger partial charge in [-0.1, -0.05) is 12.1 Å². The van der Waals surface area contributed by atoms with Crippen LogP contribution >= 0.6 is 0 Å². The van der Waals surface area contributed by atoms with Crippen molar-refractivity contribution in [3.8, 4) is 22.4 Å². The second kappa shape index (κ2) is 10.6. The number of nitrogens with zero attached hydrogens (tertiary/aromatic N) is 2. The summed E-state index contributed by atoms with van der Waals surface area (Å²) in [6.45, 7) is 0.454. The molecule has 0 bridgehead atoms. The number of hydrogen-bond donors (Lipinski definition) is 4. The quantitative estimate of drug-likeness (QED) is 0.313. The summed E-state index contributed by atoms with van der Waals surface area (Å²) in [5, 5.41) is 8.09. The molecule has 13 heteroatoms. The predicted octanol–water partition coefficient (Wildman–Crippen LogP) is 3.16. The number of aromatic amines is 1. The van der Waals surface area contributed by atoms with Crippen LogP contribution in [0.2, 0.25) is 0 Å². The number of H-pyrrole nitrogens is 1. The summed E-state index contributed by atoms with van der Waals surface area (Å²) in [4.78, 5) is 20.9. The number of aliphatic carboxylic acids is 1. The first kappa shape index (κ1) is 25.8. The SMILES string of the molecule is NCCNS(=O)(=O)c1ccc(-c2ccnc3[nH]c(-c4ccncc4)cc23)cc1.O=C(O)C(F)(F)F. The Morgan fingerprint density at radius 2 is 1.66 bits per heavy atom. The lowest BCUT2D eigenvalue weighted by atomic mass is 10.0. The maximum atomic E-state index is 12.2. The van der Waals surface area contributed by atoms with Gasteiger partial charge in [-0.15, -0.1) is 0 Å². The highest BCUT2D eigenvalue weighted by Crippen LogP contribution is 2.31. The van der Waals surface area contributed by atoms with E-state index in [1.807, 2.05) is 24.3 Å². The third kappa shape index (κ3) is 6.41. The maximum Gasteiger partial charge on any atom is 0.490 e. The van der Waals surface area contributed by atoms with E-state index in [0.29, 0.717) is 0 Å². The molecule has 4 rings (SSSR count). The topological polar surface area (TPSA) is 151 Å². The van der Waals surface area contributed by atoms with E-state index in [1.165, 1.54) is 0 Å². The summed E-state index contributed by atoms with van der Waals surface area (Å²) < 4.78 is 58.6. The van der Waals surface area contributed by atoms with Crippen LogP contribution in [0.25, 0.3) is 33.4 Å². The van der Waals surface area contributed by atoms with Gasteiger partial charge < -0.3 is 15.8 Å². The summed E-state index contributed by atoms with van der Waals surface area (Å²) in [6.07, 6.45) is 0.137. The van der Waals surface area contributed by atoms with Gasteiger partial charge in [0.2, 0.25) is 10.0 Å². The number of pyridine rings is 2. The van der Waals surface area contributed by atoms with Crippen molar-refractivity contribution in [3.05, 3.63) is 67.1 Å². The van der Waals surface area contributed by atoms with E-state index in [9.17, 15) is 21.6 Å². The number of rotatable bonds is 6. The first-order chi connectivity index (χ1) is 16.5. The number of carboxylic acids is 1. The largest absolute Gasteiger partial charge is 0.490 e. The number of aromatic nitrogens is 3. The van der Waals surface area contributed by atoms with Crippen molar-refractivity contribution in [2.24, 2.45) is 5.73 Å². The van der Waals surface area contributed by atoms with Crippen molar-refractivity contribution >= 4 is 27.0 Å². The minimum Gasteiger partial charge on any atom is -0.475 e. The number of benzene rings is 1. The van der Waals surface area contributed by atoms with Crippen molar-refractivity contribution in [1.29, 1.82) is 0 Å². The standard InChI is InChI=1S/C20H19N5O2S.C2HF3O2/c21-8-12-24-28(26,27)16-3-1-14(2-4-16)17-7-11-23-20-18(17)13-19(25-20)15-5-9-22-10-6-15;3-2(4,5)1(6)7/h1-7,9-11,13,24H,8,12,21H2,(H,23,25);(H,6,7). The van der Waals surface area contributed by atoms with Crippen LogP contribution < -0.4 is 10.5 Å².